The van der Waals surface area contributed by atoms with Crippen LogP contribution in [0.1, 0.15) is 0 Å². The van der Waals surface area contributed by atoms with E-state index >= 15 is 0 Å². The molecule has 0 atom stereocenters. The Hall–Kier alpha value is -0.940. The van der Waals surface area contributed by atoms with Crippen molar-refractivity contribution in [3.05, 3.63) is 29.1 Å². The van der Waals surface area contributed by atoms with Gasteiger partial charge in [0.05, 0.1) is 6.20 Å². The maximum atomic E-state index is 4.34. The van der Waals surface area contributed by atoms with Crippen molar-refractivity contribution in [2.45, 2.75) is 0 Å². The molecule has 13 heavy (non-hydrogen) atoms. The molecule has 3 aromatic rings. The van der Waals surface area contributed by atoms with Gasteiger partial charge in [0.25, 0.3) is 0 Å². The standard InChI is InChI=1S/C8H4BrN3S/c9-5-4-10-7-8(11-5)13-6-2-1-3-12(6)7/h1-4H. The van der Waals surface area contributed by atoms with Gasteiger partial charge in [0.15, 0.2) is 10.5 Å². The molecule has 0 N–H and O–H groups in total. The first-order valence-electron chi connectivity index (χ1n) is 3.73. The molecule has 0 aliphatic carbocycles. The second-order valence-electron chi connectivity index (χ2n) is 2.64. The molecule has 0 aliphatic rings. The van der Waals surface area contributed by atoms with E-state index in [4.69, 9.17) is 0 Å². The first-order valence-corrected chi connectivity index (χ1v) is 5.34. The maximum absolute atomic E-state index is 4.34. The van der Waals surface area contributed by atoms with Crippen molar-refractivity contribution < 1.29 is 0 Å². The molecule has 0 amide bonds. The van der Waals surface area contributed by atoms with Gasteiger partial charge in [0.2, 0.25) is 0 Å². The molecule has 64 valence electrons. The van der Waals surface area contributed by atoms with Crippen molar-refractivity contribution in [2.75, 3.05) is 0 Å². The van der Waals surface area contributed by atoms with Gasteiger partial charge in [-0.25, -0.2) is 9.97 Å². The van der Waals surface area contributed by atoms with Gasteiger partial charge < -0.3 is 0 Å². The third-order valence-electron chi connectivity index (χ3n) is 1.83. The summed E-state index contributed by atoms with van der Waals surface area (Å²) in [5.74, 6) is 0. The van der Waals surface area contributed by atoms with Gasteiger partial charge in [-0.1, -0.05) is 11.3 Å². The molecule has 0 fully saturated rings. The summed E-state index contributed by atoms with van der Waals surface area (Å²) in [7, 11) is 0. The Labute approximate surface area is 86.2 Å². The van der Waals surface area contributed by atoms with E-state index in [-0.39, 0.29) is 0 Å². The SMILES string of the molecule is Brc1cnc2c(n1)sc1cccn12. The van der Waals surface area contributed by atoms with Crippen molar-refractivity contribution in [1.29, 1.82) is 0 Å². The molecule has 3 rings (SSSR count). The van der Waals surface area contributed by atoms with Crippen molar-refractivity contribution in [1.82, 2.24) is 14.4 Å². The van der Waals surface area contributed by atoms with Crippen molar-refractivity contribution >= 4 is 42.6 Å². The van der Waals surface area contributed by atoms with Crippen LogP contribution in [0.3, 0.4) is 0 Å². The average molecular weight is 254 g/mol. The third-order valence-corrected chi connectivity index (χ3v) is 3.23. The summed E-state index contributed by atoms with van der Waals surface area (Å²) in [6.45, 7) is 0. The fraction of sp³-hybridized carbons (Fsp3) is 0. The molecular weight excluding hydrogens is 250 g/mol. The molecule has 0 radical (unpaired) electrons. The summed E-state index contributed by atoms with van der Waals surface area (Å²) < 4.78 is 2.82. The lowest BCUT2D eigenvalue weighted by atomic mass is 10.7. The minimum Gasteiger partial charge on any atom is -0.290 e. The molecular formula is C8H4BrN3S. The number of halogens is 1. The van der Waals surface area contributed by atoms with Gasteiger partial charge in [-0.15, -0.1) is 0 Å². The molecule has 5 heteroatoms. The van der Waals surface area contributed by atoms with Gasteiger partial charge >= 0.3 is 0 Å². The monoisotopic (exact) mass is 253 g/mol. The molecule has 0 aromatic carbocycles. The van der Waals surface area contributed by atoms with Crippen LogP contribution in [0.5, 0.6) is 0 Å². The van der Waals surface area contributed by atoms with Crippen LogP contribution >= 0.6 is 27.3 Å². The molecule has 0 aliphatic heterocycles. The highest BCUT2D eigenvalue weighted by Gasteiger charge is 2.05. The van der Waals surface area contributed by atoms with E-state index in [1.54, 1.807) is 17.5 Å². The van der Waals surface area contributed by atoms with Crippen molar-refractivity contribution in [3.63, 3.8) is 0 Å². The maximum Gasteiger partial charge on any atom is 0.174 e. The number of rotatable bonds is 0. The molecule has 0 bridgehead atoms. The summed E-state index contributed by atoms with van der Waals surface area (Å²) in [5, 5.41) is 0. The Bertz CT molecular complexity index is 583. The second-order valence-corrected chi connectivity index (χ2v) is 4.46. The predicted octanol–water partition coefficient (Wildman–Crippen LogP) is 2.71. The summed E-state index contributed by atoms with van der Waals surface area (Å²) in [4.78, 5) is 10.8. The van der Waals surface area contributed by atoms with Crippen LogP contribution in [-0.4, -0.2) is 14.4 Å². The van der Waals surface area contributed by atoms with Crippen LogP contribution < -0.4 is 0 Å². The smallest absolute Gasteiger partial charge is 0.174 e. The number of fused-ring (bicyclic) bond motifs is 3. The first-order chi connectivity index (χ1) is 6.34. The minimum atomic E-state index is 0.782. The van der Waals surface area contributed by atoms with E-state index < -0.39 is 0 Å². The number of hydrogen-bond acceptors (Lipinski definition) is 3. The quantitative estimate of drug-likeness (QED) is 0.617. The normalized spacial score (nSPS) is 11.5. The zero-order valence-electron chi connectivity index (χ0n) is 6.44. The predicted molar refractivity (Wildman–Crippen MR) is 56.1 cm³/mol. The number of aromatic nitrogens is 3. The lowest BCUT2D eigenvalue weighted by Gasteiger charge is -1.89. The topological polar surface area (TPSA) is 30.2 Å². The van der Waals surface area contributed by atoms with E-state index in [1.165, 1.54) is 4.83 Å². The van der Waals surface area contributed by atoms with Crippen LogP contribution in [0.2, 0.25) is 0 Å². The Kier molecular flexibility index (Phi) is 1.45. The number of nitrogens with zero attached hydrogens (tertiary/aromatic N) is 3. The Morgan fingerprint density at radius 1 is 1.46 bits per heavy atom. The summed E-state index contributed by atoms with van der Waals surface area (Å²) in [6.07, 6.45) is 3.71. The molecule has 0 spiro atoms. The van der Waals surface area contributed by atoms with Gasteiger partial charge in [0, 0.05) is 6.20 Å². The highest BCUT2D eigenvalue weighted by Crippen LogP contribution is 2.24. The van der Waals surface area contributed by atoms with Gasteiger partial charge in [-0.3, -0.25) is 4.40 Å². The highest BCUT2D eigenvalue weighted by atomic mass is 79.9. The molecule has 3 heterocycles. The van der Waals surface area contributed by atoms with Crippen LogP contribution in [0.15, 0.2) is 29.1 Å². The molecule has 3 aromatic heterocycles. The largest absolute Gasteiger partial charge is 0.290 e. The van der Waals surface area contributed by atoms with Gasteiger partial charge in [-0.05, 0) is 28.1 Å². The third kappa shape index (κ3) is 1.00. The van der Waals surface area contributed by atoms with Crippen molar-refractivity contribution in [3.8, 4) is 0 Å². The second kappa shape index (κ2) is 2.52. The average Bonchev–Trinajstić information content (AvgIpc) is 2.62. The van der Waals surface area contributed by atoms with Crippen LogP contribution in [0.25, 0.3) is 15.3 Å². The summed E-state index contributed by atoms with van der Waals surface area (Å²) in [5.41, 5.74) is 0.924. The van der Waals surface area contributed by atoms with Gasteiger partial charge in [-0.2, -0.15) is 0 Å². The Balaban J connectivity index is 2.59. The fourth-order valence-electron chi connectivity index (χ4n) is 1.30. The summed E-state index contributed by atoms with van der Waals surface area (Å²) >= 11 is 4.94. The highest BCUT2D eigenvalue weighted by molar-refractivity contribution is 9.10. The number of thiazole rings is 1. The Morgan fingerprint density at radius 3 is 3.31 bits per heavy atom. The van der Waals surface area contributed by atoms with E-state index in [9.17, 15) is 0 Å². The lowest BCUT2D eigenvalue weighted by Crippen LogP contribution is -1.83. The number of hydrogen-bond donors (Lipinski definition) is 0. The van der Waals surface area contributed by atoms with E-state index in [0.717, 1.165) is 15.1 Å². The van der Waals surface area contributed by atoms with E-state index in [2.05, 4.69) is 32.0 Å². The molecule has 3 nitrogen and oxygen atoms in total. The van der Waals surface area contributed by atoms with E-state index in [0.29, 0.717) is 0 Å². The van der Waals surface area contributed by atoms with Crippen LogP contribution in [0, 0.1) is 0 Å². The Morgan fingerprint density at radius 2 is 2.38 bits per heavy atom. The van der Waals surface area contributed by atoms with Crippen LogP contribution in [0.4, 0.5) is 0 Å². The fourth-order valence-corrected chi connectivity index (χ4v) is 2.68. The van der Waals surface area contributed by atoms with E-state index in [1.807, 2.05) is 16.7 Å². The lowest BCUT2D eigenvalue weighted by molar-refractivity contribution is 1.18. The van der Waals surface area contributed by atoms with Gasteiger partial charge in [0.1, 0.15) is 9.43 Å². The van der Waals surface area contributed by atoms with Crippen molar-refractivity contribution in [2.24, 2.45) is 0 Å². The zero-order valence-corrected chi connectivity index (χ0v) is 8.84. The summed E-state index contributed by atoms with van der Waals surface area (Å²) in [6, 6.07) is 4.07. The minimum absolute atomic E-state index is 0.782. The molecule has 0 saturated carbocycles. The first kappa shape index (κ1) is 7.46. The van der Waals surface area contributed by atoms with Crippen LogP contribution in [-0.2, 0) is 0 Å². The zero-order chi connectivity index (χ0) is 8.84. The molecule has 0 unspecified atom stereocenters. The molecule has 0 saturated heterocycles.